The minimum Gasteiger partial charge on any atom is -0.460 e. The Hall–Kier alpha value is -2.06. The number of carbonyl (C=O) groups is 1. The third kappa shape index (κ3) is 7.25. The lowest BCUT2D eigenvalue weighted by Crippen LogP contribution is -2.32. The van der Waals surface area contributed by atoms with Crippen LogP contribution in [-0.4, -0.2) is 52.7 Å². The molecule has 2 heterocycles. The van der Waals surface area contributed by atoms with Gasteiger partial charge in [0.05, 0.1) is 16.7 Å². The molecule has 3 rings (SSSR count). The van der Waals surface area contributed by atoms with E-state index in [1.807, 2.05) is 38.6 Å². The van der Waals surface area contributed by atoms with Gasteiger partial charge in [-0.05, 0) is 51.8 Å². The number of unbranched alkanes of at least 4 members (excludes halogenated alkanes) is 2. The zero-order chi connectivity index (χ0) is 22.3. The normalized spacial score (nSPS) is 14.6. The number of nitrogens with zero attached hydrogens (tertiary/aromatic N) is 3. The Morgan fingerprint density at radius 3 is 2.65 bits per heavy atom. The van der Waals surface area contributed by atoms with Crippen molar-refractivity contribution in [1.29, 1.82) is 0 Å². The van der Waals surface area contributed by atoms with Crippen molar-refractivity contribution in [3.8, 4) is 0 Å². The number of rotatable bonds is 9. The second-order valence-corrected chi connectivity index (χ2v) is 10.0. The second-order valence-electron chi connectivity index (χ2n) is 8.82. The summed E-state index contributed by atoms with van der Waals surface area (Å²) in [7, 11) is 0. The van der Waals surface area contributed by atoms with Crippen molar-refractivity contribution < 1.29 is 9.53 Å². The van der Waals surface area contributed by atoms with Gasteiger partial charge in [-0.2, -0.15) is 11.8 Å². The summed E-state index contributed by atoms with van der Waals surface area (Å²) in [4.78, 5) is 23.7. The van der Waals surface area contributed by atoms with E-state index in [4.69, 9.17) is 20.4 Å². The van der Waals surface area contributed by atoms with E-state index in [1.165, 1.54) is 5.69 Å². The number of thioether (sulfide) groups is 1. The van der Waals surface area contributed by atoms with E-state index in [0.717, 1.165) is 72.9 Å². The van der Waals surface area contributed by atoms with Crippen molar-refractivity contribution in [2.75, 3.05) is 41.4 Å². The highest BCUT2D eigenvalue weighted by atomic mass is 32.2. The van der Waals surface area contributed by atoms with Crippen LogP contribution in [0.3, 0.4) is 0 Å². The predicted molar refractivity (Wildman–Crippen MR) is 130 cm³/mol. The molecular formula is C23H35N5O2S. The van der Waals surface area contributed by atoms with Crippen LogP contribution in [0.1, 0.15) is 52.1 Å². The largest absolute Gasteiger partial charge is 0.460 e. The van der Waals surface area contributed by atoms with Gasteiger partial charge < -0.3 is 20.7 Å². The maximum atomic E-state index is 11.8. The summed E-state index contributed by atoms with van der Waals surface area (Å²) in [5.74, 6) is 2.95. The first-order valence-electron chi connectivity index (χ1n) is 11.1. The third-order valence-corrected chi connectivity index (χ3v) is 6.00. The fraction of sp³-hybridized carbons (Fsp3) is 0.609. The SMILES string of the molecule is CC(C)(C)OC(=O)CCCCCNc1nc2cc(N3CCSCC3)ccc2nc1CN. The van der Waals surface area contributed by atoms with E-state index in [0.29, 0.717) is 13.0 Å². The molecule has 1 aliphatic rings. The Morgan fingerprint density at radius 2 is 1.94 bits per heavy atom. The molecular weight excluding hydrogens is 410 g/mol. The second kappa shape index (κ2) is 11.0. The van der Waals surface area contributed by atoms with Crippen LogP contribution >= 0.6 is 11.8 Å². The summed E-state index contributed by atoms with van der Waals surface area (Å²) in [5.41, 5.74) is 9.25. The predicted octanol–water partition coefficient (Wildman–Crippen LogP) is 3.96. The fourth-order valence-electron chi connectivity index (χ4n) is 3.55. The average Bonchev–Trinajstić information content (AvgIpc) is 2.74. The Morgan fingerprint density at radius 1 is 1.16 bits per heavy atom. The number of ether oxygens (including phenoxy) is 1. The fourth-order valence-corrected chi connectivity index (χ4v) is 4.45. The summed E-state index contributed by atoms with van der Waals surface area (Å²) in [6.45, 7) is 8.92. The molecule has 1 aliphatic heterocycles. The number of nitrogens with one attached hydrogen (secondary N) is 1. The smallest absolute Gasteiger partial charge is 0.306 e. The Bertz CT molecular complexity index is 878. The molecule has 7 nitrogen and oxygen atoms in total. The van der Waals surface area contributed by atoms with Gasteiger partial charge in [0.1, 0.15) is 11.4 Å². The highest BCUT2D eigenvalue weighted by Crippen LogP contribution is 2.25. The minimum atomic E-state index is -0.418. The highest BCUT2D eigenvalue weighted by Gasteiger charge is 2.16. The number of hydrogen-bond acceptors (Lipinski definition) is 8. The molecule has 2 aromatic rings. The van der Waals surface area contributed by atoms with Crippen molar-refractivity contribution in [2.24, 2.45) is 5.73 Å². The van der Waals surface area contributed by atoms with Crippen molar-refractivity contribution >= 4 is 40.3 Å². The van der Waals surface area contributed by atoms with Gasteiger partial charge in [0.2, 0.25) is 0 Å². The zero-order valence-electron chi connectivity index (χ0n) is 18.9. The summed E-state index contributed by atoms with van der Waals surface area (Å²) in [6, 6.07) is 6.30. The van der Waals surface area contributed by atoms with Gasteiger partial charge in [-0.15, -0.1) is 0 Å². The van der Waals surface area contributed by atoms with Crippen molar-refractivity contribution in [3.05, 3.63) is 23.9 Å². The van der Waals surface area contributed by atoms with Crippen LogP contribution in [0, 0.1) is 0 Å². The first-order chi connectivity index (χ1) is 14.9. The Labute approximate surface area is 189 Å². The van der Waals surface area contributed by atoms with Gasteiger partial charge >= 0.3 is 5.97 Å². The van der Waals surface area contributed by atoms with Gasteiger partial charge in [-0.3, -0.25) is 4.79 Å². The summed E-state index contributed by atoms with van der Waals surface area (Å²) in [6.07, 6.45) is 3.17. The molecule has 0 saturated carbocycles. The van der Waals surface area contributed by atoms with Crippen molar-refractivity contribution in [2.45, 2.75) is 58.6 Å². The van der Waals surface area contributed by atoms with Gasteiger partial charge in [0.15, 0.2) is 0 Å². The molecule has 0 atom stereocenters. The lowest BCUT2D eigenvalue weighted by Gasteiger charge is -2.28. The molecule has 170 valence electrons. The zero-order valence-corrected chi connectivity index (χ0v) is 19.8. The molecule has 31 heavy (non-hydrogen) atoms. The van der Waals surface area contributed by atoms with Crippen LogP contribution < -0.4 is 16.0 Å². The molecule has 1 saturated heterocycles. The van der Waals surface area contributed by atoms with E-state index in [9.17, 15) is 4.79 Å². The standard InChI is InChI=1S/C23H35N5O2S/c1-23(2,3)30-21(29)7-5-4-6-10-25-22-20(16-24)26-18-9-8-17(15-19(18)27-22)28-11-13-31-14-12-28/h8-9,15H,4-7,10-14,16,24H2,1-3H3,(H,25,27). The lowest BCUT2D eigenvalue weighted by molar-refractivity contribution is -0.154. The molecule has 8 heteroatoms. The monoisotopic (exact) mass is 445 g/mol. The van der Waals surface area contributed by atoms with E-state index < -0.39 is 5.60 Å². The van der Waals surface area contributed by atoms with Crippen molar-refractivity contribution in [1.82, 2.24) is 9.97 Å². The first-order valence-corrected chi connectivity index (χ1v) is 12.3. The van der Waals surface area contributed by atoms with Crippen LogP contribution in [-0.2, 0) is 16.1 Å². The van der Waals surface area contributed by atoms with Crippen LogP contribution in [0.4, 0.5) is 11.5 Å². The number of nitrogens with two attached hydrogens (primary N) is 1. The van der Waals surface area contributed by atoms with E-state index in [-0.39, 0.29) is 5.97 Å². The first kappa shape index (κ1) is 23.6. The molecule has 0 aliphatic carbocycles. The maximum absolute atomic E-state index is 11.8. The van der Waals surface area contributed by atoms with Crippen LogP contribution in [0.15, 0.2) is 18.2 Å². The molecule has 3 N–H and O–H groups in total. The maximum Gasteiger partial charge on any atom is 0.306 e. The minimum absolute atomic E-state index is 0.130. The van der Waals surface area contributed by atoms with Gasteiger partial charge in [-0.1, -0.05) is 6.42 Å². The number of esters is 1. The quantitative estimate of drug-likeness (QED) is 0.443. The molecule has 1 fully saturated rings. The summed E-state index contributed by atoms with van der Waals surface area (Å²) < 4.78 is 5.35. The van der Waals surface area contributed by atoms with Crippen LogP contribution in [0.5, 0.6) is 0 Å². The highest BCUT2D eigenvalue weighted by molar-refractivity contribution is 7.99. The summed E-state index contributed by atoms with van der Waals surface area (Å²) in [5, 5.41) is 3.39. The van der Waals surface area contributed by atoms with Gasteiger partial charge in [0.25, 0.3) is 0 Å². The molecule has 0 radical (unpaired) electrons. The molecule has 0 spiro atoms. The number of benzene rings is 1. The lowest BCUT2D eigenvalue weighted by atomic mass is 10.1. The number of anilines is 2. The number of fused-ring (bicyclic) bond motifs is 1. The Balaban J connectivity index is 1.54. The third-order valence-electron chi connectivity index (χ3n) is 5.06. The molecule has 0 unspecified atom stereocenters. The molecule has 1 aromatic heterocycles. The molecule has 0 bridgehead atoms. The van der Waals surface area contributed by atoms with E-state index in [1.54, 1.807) is 0 Å². The van der Waals surface area contributed by atoms with Crippen LogP contribution in [0.25, 0.3) is 11.0 Å². The van der Waals surface area contributed by atoms with Crippen LogP contribution in [0.2, 0.25) is 0 Å². The number of aromatic nitrogens is 2. The van der Waals surface area contributed by atoms with E-state index in [2.05, 4.69) is 22.3 Å². The van der Waals surface area contributed by atoms with E-state index >= 15 is 0 Å². The van der Waals surface area contributed by atoms with Crippen molar-refractivity contribution in [3.63, 3.8) is 0 Å². The average molecular weight is 446 g/mol. The number of hydrogen-bond donors (Lipinski definition) is 2. The van der Waals surface area contributed by atoms with Gasteiger partial charge in [0, 0.05) is 49.8 Å². The van der Waals surface area contributed by atoms with Gasteiger partial charge in [-0.25, -0.2) is 9.97 Å². The number of carbonyl (C=O) groups excluding carboxylic acids is 1. The molecule has 0 amide bonds. The topological polar surface area (TPSA) is 93.4 Å². The Kier molecular flexibility index (Phi) is 8.37. The molecule has 1 aromatic carbocycles. The summed E-state index contributed by atoms with van der Waals surface area (Å²) >= 11 is 2.00.